The summed E-state index contributed by atoms with van der Waals surface area (Å²) in [4.78, 5) is 24.5. The number of amides is 2. The predicted molar refractivity (Wildman–Crippen MR) is 108 cm³/mol. The molecule has 28 heavy (non-hydrogen) atoms. The van der Waals surface area contributed by atoms with E-state index in [0.717, 1.165) is 5.56 Å². The Bertz CT molecular complexity index is 696. The van der Waals surface area contributed by atoms with Crippen LogP contribution in [0.15, 0.2) is 23.3 Å². The summed E-state index contributed by atoms with van der Waals surface area (Å²) in [5.74, 6) is 0.932. The molecule has 2 amide bonds. The summed E-state index contributed by atoms with van der Waals surface area (Å²) in [5.41, 5.74) is 2.54. The van der Waals surface area contributed by atoms with E-state index < -0.39 is 23.6 Å². The molecule has 0 fully saturated rings. The topological polar surface area (TPSA) is 98.2 Å². The van der Waals surface area contributed by atoms with Gasteiger partial charge in [-0.25, -0.2) is 10.2 Å². The number of hydrazone groups is 1. The van der Waals surface area contributed by atoms with E-state index in [1.807, 2.05) is 13.8 Å². The van der Waals surface area contributed by atoms with Gasteiger partial charge in [-0.3, -0.25) is 4.79 Å². The lowest BCUT2D eigenvalue weighted by Gasteiger charge is -2.23. The van der Waals surface area contributed by atoms with Crippen LogP contribution < -0.4 is 20.2 Å². The van der Waals surface area contributed by atoms with Gasteiger partial charge in [-0.2, -0.15) is 5.10 Å². The molecule has 0 aliphatic carbocycles. The van der Waals surface area contributed by atoms with E-state index in [4.69, 9.17) is 14.2 Å². The van der Waals surface area contributed by atoms with Crippen molar-refractivity contribution in [2.45, 2.75) is 52.7 Å². The number of hydrogen-bond acceptors (Lipinski definition) is 6. The number of nitrogens with one attached hydrogen (secondary N) is 2. The summed E-state index contributed by atoms with van der Waals surface area (Å²) in [5, 5.41) is 6.57. The van der Waals surface area contributed by atoms with Crippen LogP contribution in [-0.2, 0) is 9.53 Å². The predicted octanol–water partition coefficient (Wildman–Crippen LogP) is 3.09. The molecule has 8 heteroatoms. The Balaban J connectivity index is 2.77. The van der Waals surface area contributed by atoms with E-state index >= 15 is 0 Å². The highest BCUT2D eigenvalue weighted by molar-refractivity contribution is 5.87. The van der Waals surface area contributed by atoms with Crippen LogP contribution in [0.4, 0.5) is 4.79 Å². The first-order chi connectivity index (χ1) is 13.1. The van der Waals surface area contributed by atoms with Gasteiger partial charge in [0.2, 0.25) is 0 Å². The first-order valence-corrected chi connectivity index (χ1v) is 9.10. The third kappa shape index (κ3) is 8.28. The Morgan fingerprint density at radius 3 is 2.32 bits per heavy atom. The molecule has 0 saturated carbocycles. The molecular formula is C20H31N3O5. The fourth-order valence-corrected chi connectivity index (χ4v) is 2.33. The van der Waals surface area contributed by atoms with Crippen LogP contribution >= 0.6 is 0 Å². The Labute approximate surface area is 166 Å². The number of ether oxygens (including phenoxy) is 3. The molecule has 8 nitrogen and oxygen atoms in total. The molecule has 0 aliphatic rings. The zero-order valence-corrected chi connectivity index (χ0v) is 17.7. The Morgan fingerprint density at radius 2 is 1.79 bits per heavy atom. The lowest BCUT2D eigenvalue weighted by molar-refractivity contribution is -0.123. The fourth-order valence-electron chi connectivity index (χ4n) is 2.33. The van der Waals surface area contributed by atoms with E-state index in [9.17, 15) is 9.59 Å². The molecule has 0 unspecified atom stereocenters. The van der Waals surface area contributed by atoms with E-state index in [-0.39, 0.29) is 5.92 Å². The highest BCUT2D eigenvalue weighted by Gasteiger charge is 2.25. The molecule has 1 aromatic rings. The SMILES string of the molecule is COc1ccc(/C=N/NC(=O)[C@H](CC(C)C)NC(=O)OC(C)(C)C)cc1OC. The van der Waals surface area contributed by atoms with E-state index in [1.54, 1.807) is 53.2 Å². The molecule has 0 spiro atoms. The van der Waals surface area contributed by atoms with Crippen molar-refractivity contribution in [2.24, 2.45) is 11.0 Å². The number of carbonyl (C=O) groups excluding carboxylic acids is 2. The Hall–Kier alpha value is -2.77. The average Bonchev–Trinajstić information content (AvgIpc) is 2.58. The van der Waals surface area contributed by atoms with Gasteiger partial charge in [-0.15, -0.1) is 0 Å². The number of benzene rings is 1. The van der Waals surface area contributed by atoms with Crippen LogP contribution in [0.25, 0.3) is 0 Å². The molecule has 0 saturated heterocycles. The van der Waals surface area contributed by atoms with E-state index in [0.29, 0.717) is 17.9 Å². The molecule has 0 heterocycles. The molecule has 1 rings (SSSR count). The number of carbonyl (C=O) groups is 2. The number of rotatable bonds is 8. The number of nitrogens with zero attached hydrogens (tertiary/aromatic N) is 1. The van der Waals surface area contributed by atoms with Crippen molar-refractivity contribution in [3.63, 3.8) is 0 Å². The minimum absolute atomic E-state index is 0.195. The van der Waals surface area contributed by atoms with Crippen LogP contribution in [0.3, 0.4) is 0 Å². The second-order valence-electron chi connectivity index (χ2n) is 7.68. The molecule has 156 valence electrons. The van der Waals surface area contributed by atoms with Crippen molar-refractivity contribution in [3.8, 4) is 11.5 Å². The highest BCUT2D eigenvalue weighted by Crippen LogP contribution is 2.26. The Morgan fingerprint density at radius 1 is 1.14 bits per heavy atom. The molecule has 0 aliphatic heterocycles. The maximum atomic E-state index is 12.5. The molecule has 0 radical (unpaired) electrons. The third-order valence-electron chi connectivity index (χ3n) is 3.51. The summed E-state index contributed by atoms with van der Waals surface area (Å²) in [7, 11) is 3.10. The fraction of sp³-hybridized carbons (Fsp3) is 0.550. The Kier molecular flexibility index (Phi) is 8.76. The van der Waals surface area contributed by atoms with Crippen molar-refractivity contribution in [3.05, 3.63) is 23.8 Å². The average molecular weight is 393 g/mol. The minimum Gasteiger partial charge on any atom is -0.493 e. The van der Waals surface area contributed by atoms with E-state index in [2.05, 4.69) is 15.8 Å². The molecular weight excluding hydrogens is 362 g/mol. The number of alkyl carbamates (subject to hydrolysis) is 1. The normalized spacial score (nSPS) is 12.6. The standard InChI is InChI=1S/C20H31N3O5/c1-13(2)10-15(22-19(25)28-20(3,4)5)18(24)23-21-12-14-8-9-16(26-6)17(11-14)27-7/h8-9,11-13,15H,10H2,1-7H3,(H,22,25)(H,23,24)/b21-12+/t15-/m0/s1. The first kappa shape index (κ1) is 23.3. The largest absolute Gasteiger partial charge is 0.493 e. The van der Waals surface area contributed by atoms with Gasteiger partial charge in [0.1, 0.15) is 11.6 Å². The maximum absolute atomic E-state index is 12.5. The summed E-state index contributed by atoms with van der Waals surface area (Å²) < 4.78 is 15.6. The van der Waals surface area contributed by atoms with Gasteiger partial charge in [0.15, 0.2) is 11.5 Å². The maximum Gasteiger partial charge on any atom is 0.408 e. The lowest BCUT2D eigenvalue weighted by Crippen LogP contribution is -2.47. The number of hydrogen-bond donors (Lipinski definition) is 2. The molecule has 2 N–H and O–H groups in total. The second-order valence-corrected chi connectivity index (χ2v) is 7.68. The van der Waals surface area contributed by atoms with Crippen LogP contribution in [0, 0.1) is 5.92 Å². The van der Waals surface area contributed by atoms with Gasteiger partial charge >= 0.3 is 6.09 Å². The van der Waals surface area contributed by atoms with Crippen molar-refractivity contribution in [2.75, 3.05) is 14.2 Å². The van der Waals surface area contributed by atoms with Gasteiger partial charge in [0.05, 0.1) is 20.4 Å². The summed E-state index contributed by atoms with van der Waals surface area (Å²) >= 11 is 0. The van der Waals surface area contributed by atoms with Gasteiger partial charge in [-0.1, -0.05) is 13.8 Å². The van der Waals surface area contributed by atoms with Crippen LogP contribution in [-0.4, -0.2) is 44.1 Å². The molecule has 0 aromatic heterocycles. The van der Waals surface area contributed by atoms with Gasteiger partial charge in [-0.05, 0) is 56.9 Å². The van der Waals surface area contributed by atoms with Crippen molar-refractivity contribution >= 4 is 18.2 Å². The zero-order chi connectivity index (χ0) is 21.3. The smallest absolute Gasteiger partial charge is 0.408 e. The lowest BCUT2D eigenvalue weighted by atomic mass is 10.0. The minimum atomic E-state index is -0.752. The quantitative estimate of drug-likeness (QED) is 0.522. The van der Waals surface area contributed by atoms with Crippen LogP contribution in [0.5, 0.6) is 11.5 Å². The first-order valence-electron chi connectivity index (χ1n) is 9.10. The summed E-state index contributed by atoms with van der Waals surface area (Å²) in [6.45, 7) is 9.21. The monoisotopic (exact) mass is 393 g/mol. The van der Waals surface area contributed by atoms with Crippen LogP contribution in [0.1, 0.15) is 46.6 Å². The highest BCUT2D eigenvalue weighted by atomic mass is 16.6. The molecule has 1 atom stereocenters. The van der Waals surface area contributed by atoms with Gasteiger partial charge < -0.3 is 19.5 Å². The third-order valence-corrected chi connectivity index (χ3v) is 3.51. The summed E-state index contributed by atoms with van der Waals surface area (Å²) in [6, 6.07) is 4.51. The van der Waals surface area contributed by atoms with Gasteiger partial charge in [0, 0.05) is 0 Å². The van der Waals surface area contributed by atoms with E-state index in [1.165, 1.54) is 6.21 Å². The second kappa shape index (κ2) is 10.5. The molecule has 0 bridgehead atoms. The van der Waals surface area contributed by atoms with Crippen molar-refractivity contribution in [1.82, 2.24) is 10.7 Å². The van der Waals surface area contributed by atoms with Gasteiger partial charge in [0.25, 0.3) is 5.91 Å². The van der Waals surface area contributed by atoms with Crippen molar-refractivity contribution < 1.29 is 23.8 Å². The summed E-state index contributed by atoms with van der Waals surface area (Å²) in [6.07, 6.45) is 1.30. The van der Waals surface area contributed by atoms with Crippen LogP contribution in [0.2, 0.25) is 0 Å². The zero-order valence-electron chi connectivity index (χ0n) is 17.7. The number of methoxy groups -OCH3 is 2. The van der Waals surface area contributed by atoms with Crippen molar-refractivity contribution in [1.29, 1.82) is 0 Å². The molecule has 1 aromatic carbocycles.